The summed E-state index contributed by atoms with van der Waals surface area (Å²) in [5.41, 5.74) is 0. The number of hydrogen-bond acceptors (Lipinski definition) is 3. The molecule has 0 aromatic carbocycles. The van der Waals surface area contributed by atoms with Crippen molar-refractivity contribution in [2.24, 2.45) is 5.92 Å². The van der Waals surface area contributed by atoms with Gasteiger partial charge in [0.1, 0.15) is 0 Å². The summed E-state index contributed by atoms with van der Waals surface area (Å²) in [5, 5.41) is 13.5. The van der Waals surface area contributed by atoms with E-state index >= 15 is 0 Å². The van der Waals surface area contributed by atoms with Crippen molar-refractivity contribution in [3.05, 3.63) is 0 Å². The Balaban J connectivity index is 1.52. The Morgan fingerprint density at radius 3 is 2.40 bits per heavy atom. The highest BCUT2D eigenvalue weighted by atomic mass is 16.5. The Kier molecular flexibility index (Phi) is 7.32. The van der Waals surface area contributed by atoms with Gasteiger partial charge in [0.25, 0.3) is 0 Å². The first-order chi connectivity index (χ1) is 9.78. The highest BCUT2D eigenvalue weighted by molar-refractivity contribution is 4.77. The van der Waals surface area contributed by atoms with E-state index in [0.29, 0.717) is 25.3 Å². The Morgan fingerprint density at radius 2 is 1.75 bits per heavy atom. The molecule has 0 saturated heterocycles. The maximum atomic E-state index is 10.0. The molecule has 3 nitrogen and oxygen atoms in total. The number of aliphatic hydroxyl groups excluding tert-OH is 1. The van der Waals surface area contributed by atoms with Gasteiger partial charge in [-0.25, -0.2) is 0 Å². The quantitative estimate of drug-likeness (QED) is 0.753. The fourth-order valence-electron chi connectivity index (χ4n) is 3.62. The van der Waals surface area contributed by atoms with Crippen LogP contribution in [-0.4, -0.2) is 36.5 Å². The Labute approximate surface area is 124 Å². The lowest BCUT2D eigenvalue weighted by Gasteiger charge is -2.29. The number of ether oxygens (including phenoxy) is 1. The van der Waals surface area contributed by atoms with Crippen LogP contribution in [-0.2, 0) is 4.74 Å². The lowest BCUT2D eigenvalue weighted by atomic mass is 9.84. The molecule has 2 rings (SSSR count). The zero-order valence-corrected chi connectivity index (χ0v) is 13.2. The third kappa shape index (κ3) is 5.71. The normalized spacial score (nSPS) is 30.3. The van der Waals surface area contributed by atoms with E-state index in [1.165, 1.54) is 64.2 Å². The topological polar surface area (TPSA) is 41.5 Å². The van der Waals surface area contributed by atoms with Crippen LogP contribution in [0.4, 0.5) is 0 Å². The van der Waals surface area contributed by atoms with E-state index in [1.54, 1.807) is 0 Å². The molecule has 118 valence electrons. The molecule has 0 spiro atoms. The second kappa shape index (κ2) is 9.01. The van der Waals surface area contributed by atoms with Gasteiger partial charge >= 0.3 is 0 Å². The van der Waals surface area contributed by atoms with Crippen molar-refractivity contribution in [1.82, 2.24) is 5.32 Å². The maximum absolute atomic E-state index is 10.0. The van der Waals surface area contributed by atoms with E-state index in [2.05, 4.69) is 12.2 Å². The van der Waals surface area contributed by atoms with Crippen LogP contribution < -0.4 is 5.32 Å². The number of rotatable bonds is 7. The summed E-state index contributed by atoms with van der Waals surface area (Å²) in [5.74, 6) is 0.938. The van der Waals surface area contributed by atoms with Crippen molar-refractivity contribution < 1.29 is 9.84 Å². The third-order valence-corrected chi connectivity index (χ3v) is 5.14. The van der Waals surface area contributed by atoms with Gasteiger partial charge < -0.3 is 15.2 Å². The van der Waals surface area contributed by atoms with Crippen molar-refractivity contribution >= 4 is 0 Å². The van der Waals surface area contributed by atoms with Gasteiger partial charge in [-0.2, -0.15) is 0 Å². The molecule has 0 radical (unpaired) electrons. The van der Waals surface area contributed by atoms with E-state index in [1.807, 2.05) is 0 Å². The summed E-state index contributed by atoms with van der Waals surface area (Å²) in [6.07, 6.45) is 12.9. The second-order valence-electron chi connectivity index (χ2n) is 6.78. The van der Waals surface area contributed by atoms with Crippen LogP contribution in [0.1, 0.15) is 71.1 Å². The van der Waals surface area contributed by atoms with E-state index in [-0.39, 0.29) is 6.10 Å². The average Bonchev–Trinajstić information content (AvgIpc) is 2.52. The zero-order valence-electron chi connectivity index (χ0n) is 13.2. The molecular formula is C17H33NO2. The SMILES string of the molecule is CCC1CCC(NCC(O)COC2CCCCC2)CC1. The highest BCUT2D eigenvalue weighted by Crippen LogP contribution is 2.26. The summed E-state index contributed by atoms with van der Waals surface area (Å²) in [7, 11) is 0. The number of hydrogen-bond donors (Lipinski definition) is 2. The van der Waals surface area contributed by atoms with E-state index < -0.39 is 0 Å². The molecular weight excluding hydrogens is 250 g/mol. The fourth-order valence-corrected chi connectivity index (χ4v) is 3.62. The predicted molar refractivity (Wildman–Crippen MR) is 82.9 cm³/mol. The molecule has 2 fully saturated rings. The molecule has 2 saturated carbocycles. The molecule has 3 heteroatoms. The first-order valence-corrected chi connectivity index (χ1v) is 8.81. The fraction of sp³-hybridized carbons (Fsp3) is 1.00. The predicted octanol–water partition coefficient (Wildman–Crippen LogP) is 3.26. The van der Waals surface area contributed by atoms with Crippen LogP contribution in [0.5, 0.6) is 0 Å². The summed E-state index contributed by atoms with van der Waals surface area (Å²) in [4.78, 5) is 0. The molecule has 0 aromatic rings. The standard InChI is InChI=1S/C17H33NO2/c1-2-14-8-10-15(11-9-14)18-12-16(19)13-20-17-6-4-3-5-7-17/h14-19H,2-13H2,1H3. The van der Waals surface area contributed by atoms with Crippen LogP contribution >= 0.6 is 0 Å². The summed E-state index contributed by atoms with van der Waals surface area (Å²) < 4.78 is 5.83. The minimum atomic E-state index is -0.346. The molecule has 2 aliphatic carbocycles. The zero-order chi connectivity index (χ0) is 14.2. The van der Waals surface area contributed by atoms with Crippen molar-refractivity contribution in [2.75, 3.05) is 13.2 Å². The van der Waals surface area contributed by atoms with E-state index in [9.17, 15) is 5.11 Å². The minimum Gasteiger partial charge on any atom is -0.389 e. The lowest BCUT2D eigenvalue weighted by molar-refractivity contribution is -0.0239. The molecule has 20 heavy (non-hydrogen) atoms. The smallest absolute Gasteiger partial charge is 0.0897 e. The minimum absolute atomic E-state index is 0.346. The Morgan fingerprint density at radius 1 is 1.05 bits per heavy atom. The molecule has 2 N–H and O–H groups in total. The molecule has 2 aliphatic rings. The van der Waals surface area contributed by atoms with Gasteiger partial charge in [-0.1, -0.05) is 32.6 Å². The molecule has 0 amide bonds. The van der Waals surface area contributed by atoms with Crippen LogP contribution in [0.2, 0.25) is 0 Å². The molecule has 1 atom stereocenters. The number of nitrogens with one attached hydrogen (secondary N) is 1. The van der Waals surface area contributed by atoms with Gasteiger partial charge in [0.05, 0.1) is 18.8 Å². The third-order valence-electron chi connectivity index (χ3n) is 5.14. The first-order valence-electron chi connectivity index (χ1n) is 8.81. The molecule has 0 heterocycles. The molecule has 1 unspecified atom stereocenters. The van der Waals surface area contributed by atoms with E-state index in [4.69, 9.17) is 4.74 Å². The molecule has 0 bridgehead atoms. The molecule has 0 aliphatic heterocycles. The van der Waals surface area contributed by atoms with Crippen LogP contribution in [0.3, 0.4) is 0 Å². The monoisotopic (exact) mass is 283 g/mol. The van der Waals surface area contributed by atoms with E-state index in [0.717, 1.165) is 5.92 Å². The lowest BCUT2D eigenvalue weighted by Crippen LogP contribution is -2.40. The van der Waals surface area contributed by atoms with Crippen molar-refractivity contribution in [3.8, 4) is 0 Å². The summed E-state index contributed by atoms with van der Waals surface area (Å²) in [6.45, 7) is 3.49. The van der Waals surface area contributed by atoms with Crippen LogP contribution in [0, 0.1) is 5.92 Å². The van der Waals surface area contributed by atoms with Gasteiger partial charge in [-0.15, -0.1) is 0 Å². The van der Waals surface area contributed by atoms with Crippen molar-refractivity contribution in [3.63, 3.8) is 0 Å². The van der Waals surface area contributed by atoms with Crippen LogP contribution in [0.15, 0.2) is 0 Å². The van der Waals surface area contributed by atoms with Gasteiger partial charge in [-0.05, 0) is 44.4 Å². The average molecular weight is 283 g/mol. The number of aliphatic hydroxyl groups is 1. The molecule has 0 aromatic heterocycles. The van der Waals surface area contributed by atoms with Gasteiger partial charge in [0.2, 0.25) is 0 Å². The van der Waals surface area contributed by atoms with Gasteiger partial charge in [0.15, 0.2) is 0 Å². The van der Waals surface area contributed by atoms with Crippen molar-refractivity contribution in [1.29, 1.82) is 0 Å². The second-order valence-corrected chi connectivity index (χ2v) is 6.78. The Hall–Kier alpha value is -0.120. The Bertz CT molecular complexity index is 245. The maximum Gasteiger partial charge on any atom is 0.0897 e. The van der Waals surface area contributed by atoms with Gasteiger partial charge in [-0.3, -0.25) is 0 Å². The summed E-state index contributed by atoms with van der Waals surface area (Å²) in [6, 6.07) is 0.613. The highest BCUT2D eigenvalue weighted by Gasteiger charge is 2.20. The first kappa shape index (κ1) is 16.3. The van der Waals surface area contributed by atoms with Gasteiger partial charge in [0, 0.05) is 12.6 Å². The summed E-state index contributed by atoms with van der Waals surface area (Å²) >= 11 is 0. The van der Waals surface area contributed by atoms with Crippen LogP contribution in [0.25, 0.3) is 0 Å². The largest absolute Gasteiger partial charge is 0.389 e. The van der Waals surface area contributed by atoms with Crippen molar-refractivity contribution in [2.45, 2.75) is 89.4 Å².